The maximum atomic E-state index is 12.5. The van der Waals surface area contributed by atoms with E-state index in [0.29, 0.717) is 18.0 Å². The molecule has 1 aliphatic heterocycles. The summed E-state index contributed by atoms with van der Waals surface area (Å²) in [6.45, 7) is 3.74. The molecule has 1 amide bonds. The summed E-state index contributed by atoms with van der Waals surface area (Å²) >= 11 is 1.71. The molecule has 1 aliphatic rings. The molecule has 6 nitrogen and oxygen atoms in total. The first-order chi connectivity index (χ1) is 11.8. The Morgan fingerprint density at radius 2 is 2.25 bits per heavy atom. The van der Waals surface area contributed by atoms with Gasteiger partial charge >= 0.3 is 0 Å². The highest BCUT2D eigenvalue weighted by Gasteiger charge is 2.24. The number of methoxy groups -OCH3 is 1. The van der Waals surface area contributed by atoms with Crippen LogP contribution >= 0.6 is 11.3 Å². The zero-order valence-electron chi connectivity index (χ0n) is 13.6. The van der Waals surface area contributed by atoms with Crippen LogP contribution in [0.5, 0.6) is 5.88 Å². The maximum absolute atomic E-state index is 12.5. The second kappa shape index (κ2) is 8.23. The molecule has 2 aromatic heterocycles. The van der Waals surface area contributed by atoms with Crippen LogP contribution in [0.1, 0.15) is 21.3 Å². The van der Waals surface area contributed by atoms with Crippen LogP contribution < -0.4 is 10.1 Å². The number of hydrogen-bond acceptors (Lipinski definition) is 6. The number of nitrogens with one attached hydrogen (secondary N) is 1. The number of morpholine rings is 1. The highest BCUT2D eigenvalue weighted by atomic mass is 32.1. The summed E-state index contributed by atoms with van der Waals surface area (Å²) in [6.07, 6.45) is 1.61. The highest BCUT2D eigenvalue weighted by Crippen LogP contribution is 2.25. The lowest BCUT2D eigenvalue weighted by Gasteiger charge is -2.34. The lowest BCUT2D eigenvalue weighted by atomic mass is 10.1. The summed E-state index contributed by atoms with van der Waals surface area (Å²) in [4.78, 5) is 20.2. The van der Waals surface area contributed by atoms with Gasteiger partial charge in [-0.2, -0.15) is 0 Å². The van der Waals surface area contributed by atoms with E-state index < -0.39 is 0 Å². The van der Waals surface area contributed by atoms with Gasteiger partial charge in [-0.3, -0.25) is 9.69 Å². The fourth-order valence-electron chi connectivity index (χ4n) is 2.79. The first-order valence-corrected chi connectivity index (χ1v) is 8.80. The molecule has 0 aliphatic carbocycles. The molecule has 1 atom stereocenters. The molecule has 0 spiro atoms. The van der Waals surface area contributed by atoms with E-state index in [1.165, 1.54) is 12.0 Å². The maximum Gasteiger partial charge on any atom is 0.256 e. The zero-order valence-corrected chi connectivity index (χ0v) is 14.4. The van der Waals surface area contributed by atoms with Gasteiger partial charge in [0.25, 0.3) is 5.91 Å². The van der Waals surface area contributed by atoms with Gasteiger partial charge < -0.3 is 14.8 Å². The van der Waals surface area contributed by atoms with Crippen LogP contribution in [0.3, 0.4) is 0 Å². The third-order valence-corrected chi connectivity index (χ3v) is 5.00. The number of thiophene rings is 1. The molecule has 1 N–H and O–H groups in total. The van der Waals surface area contributed by atoms with Gasteiger partial charge in [0.2, 0.25) is 5.88 Å². The normalized spacial score (nSPS) is 16.5. The Morgan fingerprint density at radius 3 is 2.96 bits per heavy atom. The Hall–Kier alpha value is -1.96. The quantitative estimate of drug-likeness (QED) is 0.865. The third kappa shape index (κ3) is 3.92. The molecule has 1 fully saturated rings. The third-order valence-electron chi connectivity index (χ3n) is 4.02. The summed E-state index contributed by atoms with van der Waals surface area (Å²) in [6, 6.07) is 7.76. The second-order valence-electron chi connectivity index (χ2n) is 5.45. The number of rotatable bonds is 6. The van der Waals surface area contributed by atoms with Crippen LogP contribution in [0.2, 0.25) is 0 Å². The number of carbonyl (C=O) groups excluding carboxylic acids is 1. The van der Waals surface area contributed by atoms with Gasteiger partial charge in [-0.1, -0.05) is 6.07 Å². The molecule has 0 radical (unpaired) electrons. The number of ether oxygens (including phenoxy) is 2. The topological polar surface area (TPSA) is 63.7 Å². The SMILES string of the molecule is COc1ncccc1C(=O)NC[C@H](c1cccs1)N1CCOCC1. The highest BCUT2D eigenvalue weighted by molar-refractivity contribution is 7.10. The van der Waals surface area contributed by atoms with E-state index in [9.17, 15) is 4.79 Å². The van der Waals surface area contributed by atoms with Crippen molar-refractivity contribution < 1.29 is 14.3 Å². The molecule has 0 unspecified atom stereocenters. The number of nitrogens with zero attached hydrogens (tertiary/aromatic N) is 2. The second-order valence-corrected chi connectivity index (χ2v) is 6.43. The monoisotopic (exact) mass is 347 g/mol. The van der Waals surface area contributed by atoms with E-state index in [1.807, 2.05) is 6.07 Å². The molecule has 0 bridgehead atoms. The standard InChI is InChI=1S/C17H21N3O3S/c1-22-17-13(4-2-6-18-17)16(21)19-12-14(15-5-3-11-24-15)20-7-9-23-10-8-20/h2-6,11,14H,7-10,12H2,1H3,(H,19,21)/t14-/m1/s1. The molecular weight excluding hydrogens is 326 g/mol. The van der Waals surface area contributed by atoms with E-state index >= 15 is 0 Å². The van der Waals surface area contributed by atoms with Gasteiger partial charge in [0.15, 0.2) is 0 Å². The lowest BCUT2D eigenvalue weighted by molar-refractivity contribution is 0.0169. The van der Waals surface area contributed by atoms with Crippen LogP contribution in [0.15, 0.2) is 35.8 Å². The Labute approximate surface area is 145 Å². The summed E-state index contributed by atoms with van der Waals surface area (Å²) in [7, 11) is 1.52. The first-order valence-electron chi connectivity index (χ1n) is 7.92. The molecule has 2 aromatic rings. The van der Waals surface area contributed by atoms with Crippen molar-refractivity contribution in [2.24, 2.45) is 0 Å². The van der Waals surface area contributed by atoms with Crippen molar-refractivity contribution in [3.8, 4) is 5.88 Å². The molecular formula is C17H21N3O3S. The fraction of sp³-hybridized carbons (Fsp3) is 0.412. The molecule has 3 heterocycles. The van der Waals surface area contributed by atoms with Crippen molar-refractivity contribution in [3.05, 3.63) is 46.3 Å². The summed E-state index contributed by atoms with van der Waals surface area (Å²) in [5.41, 5.74) is 0.451. The van der Waals surface area contributed by atoms with Crippen molar-refractivity contribution in [1.29, 1.82) is 0 Å². The van der Waals surface area contributed by atoms with E-state index in [0.717, 1.165) is 26.3 Å². The molecule has 0 aromatic carbocycles. The van der Waals surface area contributed by atoms with Gasteiger partial charge in [0.05, 0.1) is 26.4 Å². The van der Waals surface area contributed by atoms with Crippen molar-refractivity contribution in [2.75, 3.05) is 40.0 Å². The number of carbonyl (C=O) groups is 1. The van der Waals surface area contributed by atoms with Crippen LogP contribution in [0.4, 0.5) is 0 Å². The van der Waals surface area contributed by atoms with Gasteiger partial charge in [0.1, 0.15) is 5.56 Å². The van der Waals surface area contributed by atoms with E-state index in [1.54, 1.807) is 29.7 Å². The summed E-state index contributed by atoms with van der Waals surface area (Å²) < 4.78 is 10.6. The smallest absolute Gasteiger partial charge is 0.256 e. The van der Waals surface area contributed by atoms with Crippen LogP contribution in [0.25, 0.3) is 0 Å². The van der Waals surface area contributed by atoms with E-state index in [2.05, 4.69) is 26.6 Å². The predicted molar refractivity (Wildman–Crippen MR) is 92.6 cm³/mol. The molecule has 7 heteroatoms. The van der Waals surface area contributed by atoms with Gasteiger partial charge in [-0.25, -0.2) is 4.98 Å². The minimum atomic E-state index is -0.172. The molecule has 128 valence electrons. The van der Waals surface area contributed by atoms with Crippen LogP contribution in [-0.2, 0) is 4.74 Å². The first kappa shape index (κ1) is 16.9. The molecule has 1 saturated heterocycles. The molecule has 0 saturated carbocycles. The van der Waals surface area contributed by atoms with Crippen LogP contribution in [-0.4, -0.2) is 55.7 Å². The minimum absolute atomic E-state index is 0.153. The largest absolute Gasteiger partial charge is 0.480 e. The van der Waals surface area contributed by atoms with Gasteiger partial charge in [0, 0.05) is 30.7 Å². The van der Waals surface area contributed by atoms with Crippen molar-refractivity contribution >= 4 is 17.2 Å². The van der Waals surface area contributed by atoms with Gasteiger partial charge in [-0.05, 0) is 23.6 Å². The van der Waals surface area contributed by atoms with Crippen molar-refractivity contribution in [2.45, 2.75) is 6.04 Å². The Bertz CT molecular complexity index is 657. The molecule has 3 rings (SSSR count). The van der Waals surface area contributed by atoms with E-state index in [4.69, 9.17) is 9.47 Å². The predicted octanol–water partition coefficient (Wildman–Crippen LogP) is 1.96. The zero-order chi connectivity index (χ0) is 16.8. The molecule has 24 heavy (non-hydrogen) atoms. The number of pyridine rings is 1. The minimum Gasteiger partial charge on any atom is -0.480 e. The Balaban J connectivity index is 1.70. The fourth-order valence-corrected chi connectivity index (χ4v) is 3.65. The Kier molecular flexibility index (Phi) is 5.79. The van der Waals surface area contributed by atoms with Gasteiger partial charge in [-0.15, -0.1) is 11.3 Å². The summed E-state index contributed by atoms with van der Waals surface area (Å²) in [5, 5.41) is 5.09. The van der Waals surface area contributed by atoms with Crippen molar-refractivity contribution in [3.63, 3.8) is 0 Å². The average Bonchev–Trinajstić information content (AvgIpc) is 3.17. The van der Waals surface area contributed by atoms with Crippen molar-refractivity contribution in [1.82, 2.24) is 15.2 Å². The van der Waals surface area contributed by atoms with E-state index in [-0.39, 0.29) is 11.9 Å². The number of aromatic nitrogens is 1. The average molecular weight is 347 g/mol. The lowest BCUT2D eigenvalue weighted by Crippen LogP contribution is -2.43. The van der Waals surface area contributed by atoms with Crippen LogP contribution in [0, 0.1) is 0 Å². The Morgan fingerprint density at radius 1 is 1.42 bits per heavy atom. The number of hydrogen-bond donors (Lipinski definition) is 1. The number of amides is 1. The summed E-state index contributed by atoms with van der Waals surface area (Å²) in [5.74, 6) is 0.170.